The summed E-state index contributed by atoms with van der Waals surface area (Å²) in [6, 6.07) is 13.6. The van der Waals surface area contributed by atoms with Crippen LogP contribution < -0.4 is 14.8 Å². The van der Waals surface area contributed by atoms with Crippen LogP contribution in [-0.4, -0.2) is 21.2 Å². The lowest BCUT2D eigenvalue weighted by molar-refractivity contribution is 0.339. The summed E-state index contributed by atoms with van der Waals surface area (Å²) in [5, 5.41) is 4.26. The van der Waals surface area contributed by atoms with E-state index in [0.29, 0.717) is 21.9 Å². The molecule has 2 aromatic carbocycles. The highest BCUT2D eigenvalue weighted by Crippen LogP contribution is 2.18. The van der Waals surface area contributed by atoms with Gasteiger partial charge >= 0.3 is 0 Å². The average molecular weight is 393 g/mol. The van der Waals surface area contributed by atoms with Crippen LogP contribution in [0.25, 0.3) is 23.2 Å². The van der Waals surface area contributed by atoms with E-state index in [4.69, 9.17) is 4.74 Å². The van der Waals surface area contributed by atoms with E-state index in [1.807, 2.05) is 31.2 Å². The Labute approximate surface area is 164 Å². The number of para-hydroxylation sites is 1. The quantitative estimate of drug-likeness (QED) is 0.521. The maximum Gasteiger partial charge on any atom is 0.291 e. The second-order valence-corrected chi connectivity index (χ2v) is 6.95. The fourth-order valence-corrected chi connectivity index (χ4v) is 3.60. The molecule has 0 N–H and O–H groups in total. The van der Waals surface area contributed by atoms with Gasteiger partial charge in [0.1, 0.15) is 11.6 Å². The van der Waals surface area contributed by atoms with Crippen molar-refractivity contribution in [2.45, 2.75) is 6.92 Å². The number of ether oxygens (including phenoxy) is 1. The van der Waals surface area contributed by atoms with E-state index >= 15 is 0 Å². The summed E-state index contributed by atoms with van der Waals surface area (Å²) >= 11 is 1.27. The van der Waals surface area contributed by atoms with Crippen LogP contribution in [-0.2, 0) is 0 Å². The molecule has 0 saturated heterocycles. The molecule has 0 unspecified atom stereocenters. The molecule has 0 spiro atoms. The van der Waals surface area contributed by atoms with E-state index in [1.54, 1.807) is 30.4 Å². The van der Waals surface area contributed by atoms with Gasteiger partial charge in [0.05, 0.1) is 11.1 Å². The molecule has 0 fully saturated rings. The maximum absolute atomic E-state index is 13.0. The number of nitrogens with zero attached hydrogens (tertiary/aromatic N) is 3. The highest BCUT2D eigenvalue weighted by molar-refractivity contribution is 7.15. The third-order valence-electron chi connectivity index (χ3n) is 4.00. The van der Waals surface area contributed by atoms with Crippen molar-refractivity contribution < 1.29 is 9.13 Å². The Morgan fingerprint density at radius 3 is 2.68 bits per heavy atom. The minimum absolute atomic E-state index is 0.222. The summed E-state index contributed by atoms with van der Waals surface area (Å²) in [5.74, 6) is 0.865. The lowest BCUT2D eigenvalue weighted by atomic mass is 10.2. The second kappa shape index (κ2) is 7.74. The molecule has 4 rings (SSSR count). The molecule has 4 aromatic rings. The van der Waals surface area contributed by atoms with Crippen molar-refractivity contribution in [1.29, 1.82) is 0 Å². The third kappa shape index (κ3) is 3.70. The number of fused-ring (bicyclic) bond motifs is 1. The van der Waals surface area contributed by atoms with Gasteiger partial charge in [-0.25, -0.2) is 4.39 Å². The van der Waals surface area contributed by atoms with Crippen LogP contribution in [0.2, 0.25) is 0 Å². The minimum atomic E-state index is -0.288. The van der Waals surface area contributed by atoms with Crippen LogP contribution in [0, 0.1) is 5.82 Å². The molecular formula is C21H16FN3O2S. The molecule has 5 nitrogen and oxygen atoms in total. The van der Waals surface area contributed by atoms with Gasteiger partial charge in [0.25, 0.3) is 5.56 Å². The number of rotatable bonds is 5. The summed E-state index contributed by atoms with van der Waals surface area (Å²) in [6.07, 6.45) is 5.26. The van der Waals surface area contributed by atoms with Gasteiger partial charge in [0, 0.05) is 5.56 Å². The van der Waals surface area contributed by atoms with E-state index in [9.17, 15) is 9.18 Å². The third-order valence-corrected chi connectivity index (χ3v) is 4.96. The van der Waals surface area contributed by atoms with Crippen molar-refractivity contribution in [3.8, 4) is 5.75 Å². The fraction of sp³-hybridized carbons (Fsp3) is 0.0952. The van der Waals surface area contributed by atoms with Crippen LogP contribution in [0.15, 0.2) is 53.3 Å². The average Bonchev–Trinajstić information content (AvgIpc) is 3.22. The van der Waals surface area contributed by atoms with E-state index in [2.05, 4.69) is 10.1 Å². The maximum atomic E-state index is 13.0. The Balaban J connectivity index is 1.67. The minimum Gasteiger partial charge on any atom is -0.493 e. The zero-order chi connectivity index (χ0) is 19.5. The lowest BCUT2D eigenvalue weighted by Crippen LogP contribution is -2.23. The first-order valence-electron chi connectivity index (χ1n) is 8.71. The standard InChI is InChI=1S/C21H16FN3O2S/c1-2-27-17-6-4-3-5-15(17)13-18-20(26)25-21(28-18)23-19(24-25)12-9-14-7-10-16(22)11-8-14/h3-13H,2H2,1H3/b12-9+,18-13-. The number of aromatic nitrogens is 3. The summed E-state index contributed by atoms with van der Waals surface area (Å²) in [6.45, 7) is 2.47. The molecule has 0 aliphatic heterocycles. The first-order valence-corrected chi connectivity index (χ1v) is 9.52. The largest absolute Gasteiger partial charge is 0.493 e. The van der Waals surface area contributed by atoms with Gasteiger partial charge in [-0.1, -0.05) is 47.7 Å². The van der Waals surface area contributed by atoms with Gasteiger partial charge in [-0.05, 0) is 42.8 Å². The first-order chi connectivity index (χ1) is 13.6. The predicted octanol–water partition coefficient (Wildman–Crippen LogP) is 3.41. The fourth-order valence-electron chi connectivity index (χ4n) is 2.69. The van der Waals surface area contributed by atoms with Crippen molar-refractivity contribution >= 4 is 34.5 Å². The molecule has 0 aliphatic rings. The summed E-state index contributed by atoms with van der Waals surface area (Å²) < 4.78 is 20.4. The monoisotopic (exact) mass is 393 g/mol. The Kier molecular flexibility index (Phi) is 4.99. The molecule has 0 atom stereocenters. The Bertz CT molecular complexity index is 1260. The van der Waals surface area contributed by atoms with Gasteiger partial charge < -0.3 is 4.74 Å². The van der Waals surface area contributed by atoms with Crippen molar-refractivity contribution in [2.75, 3.05) is 6.61 Å². The molecule has 0 saturated carbocycles. The van der Waals surface area contributed by atoms with E-state index < -0.39 is 0 Å². The van der Waals surface area contributed by atoms with Gasteiger partial charge in [-0.2, -0.15) is 9.50 Å². The molecule has 140 valence electrons. The molecule has 0 amide bonds. The zero-order valence-corrected chi connectivity index (χ0v) is 15.8. The highest BCUT2D eigenvalue weighted by Gasteiger charge is 2.09. The molecule has 2 aromatic heterocycles. The molecular weight excluding hydrogens is 377 g/mol. The summed E-state index contributed by atoms with van der Waals surface area (Å²) in [4.78, 5) is 17.6. The van der Waals surface area contributed by atoms with Crippen LogP contribution in [0.5, 0.6) is 5.75 Å². The highest BCUT2D eigenvalue weighted by atomic mass is 32.1. The Morgan fingerprint density at radius 1 is 1.14 bits per heavy atom. The zero-order valence-electron chi connectivity index (χ0n) is 15.0. The molecule has 0 aliphatic carbocycles. The molecule has 28 heavy (non-hydrogen) atoms. The molecule has 2 heterocycles. The summed E-state index contributed by atoms with van der Waals surface area (Å²) in [5.41, 5.74) is 1.44. The van der Waals surface area contributed by atoms with Crippen LogP contribution in [0.3, 0.4) is 0 Å². The topological polar surface area (TPSA) is 56.5 Å². The van der Waals surface area contributed by atoms with Gasteiger partial charge in [0.15, 0.2) is 5.82 Å². The SMILES string of the molecule is CCOc1ccccc1/C=c1\sc2nc(/C=C/c3ccc(F)cc3)nn2c1=O. The van der Waals surface area contributed by atoms with E-state index in [-0.39, 0.29) is 11.4 Å². The molecule has 0 bridgehead atoms. The number of hydrogen-bond acceptors (Lipinski definition) is 5. The van der Waals surface area contributed by atoms with Gasteiger partial charge in [-0.15, -0.1) is 5.10 Å². The number of benzene rings is 2. The molecule has 7 heteroatoms. The van der Waals surface area contributed by atoms with Crippen molar-refractivity contribution in [1.82, 2.24) is 14.6 Å². The van der Waals surface area contributed by atoms with Gasteiger partial charge in [0.2, 0.25) is 4.96 Å². The predicted molar refractivity (Wildman–Crippen MR) is 109 cm³/mol. The lowest BCUT2D eigenvalue weighted by Gasteiger charge is -2.05. The normalized spacial score (nSPS) is 12.3. The van der Waals surface area contributed by atoms with Crippen molar-refractivity contribution in [3.05, 3.63) is 86.2 Å². The van der Waals surface area contributed by atoms with E-state index in [0.717, 1.165) is 16.9 Å². The number of halogens is 1. The Morgan fingerprint density at radius 2 is 1.93 bits per heavy atom. The summed E-state index contributed by atoms with van der Waals surface area (Å²) in [7, 11) is 0. The van der Waals surface area contributed by atoms with Crippen LogP contribution >= 0.6 is 11.3 Å². The second-order valence-electron chi connectivity index (χ2n) is 5.94. The van der Waals surface area contributed by atoms with Crippen LogP contribution in [0.1, 0.15) is 23.9 Å². The van der Waals surface area contributed by atoms with Crippen molar-refractivity contribution in [2.24, 2.45) is 0 Å². The van der Waals surface area contributed by atoms with Gasteiger partial charge in [-0.3, -0.25) is 4.79 Å². The number of hydrogen-bond donors (Lipinski definition) is 0. The number of thiazole rings is 1. The van der Waals surface area contributed by atoms with Crippen molar-refractivity contribution in [3.63, 3.8) is 0 Å². The van der Waals surface area contributed by atoms with E-state index in [1.165, 1.54) is 28.0 Å². The molecule has 0 radical (unpaired) electrons. The van der Waals surface area contributed by atoms with Crippen LogP contribution in [0.4, 0.5) is 4.39 Å². The first kappa shape index (κ1) is 18.1. The Hall–Kier alpha value is -3.32. The smallest absolute Gasteiger partial charge is 0.291 e.